The molecule has 0 spiro atoms. The van der Waals surface area contributed by atoms with Crippen LogP contribution in [0, 0.1) is 5.82 Å². The molecule has 1 N–H and O–H groups in total. The molecule has 2 aliphatic rings. The van der Waals surface area contributed by atoms with Crippen LogP contribution >= 0.6 is 11.6 Å². The quantitative estimate of drug-likeness (QED) is 0.859. The van der Waals surface area contributed by atoms with Gasteiger partial charge in [0.25, 0.3) is 0 Å². The molecule has 2 aliphatic heterocycles. The smallest absolute Gasteiger partial charge is 0.132 e. The van der Waals surface area contributed by atoms with Gasteiger partial charge >= 0.3 is 0 Å². The molecule has 4 heteroatoms. The highest BCUT2D eigenvalue weighted by Crippen LogP contribution is 2.44. The van der Waals surface area contributed by atoms with Crippen molar-refractivity contribution in [1.82, 2.24) is 5.32 Å². The number of nitrogens with one attached hydrogen (secondary N) is 1. The Morgan fingerprint density at radius 2 is 2.00 bits per heavy atom. The van der Waals surface area contributed by atoms with Gasteiger partial charge in [-0.1, -0.05) is 35.9 Å². The van der Waals surface area contributed by atoms with E-state index in [9.17, 15) is 4.39 Å². The van der Waals surface area contributed by atoms with Crippen LogP contribution in [0.3, 0.4) is 0 Å². The third-order valence-electron chi connectivity index (χ3n) is 4.72. The molecule has 114 valence electrons. The van der Waals surface area contributed by atoms with Crippen LogP contribution in [0.4, 0.5) is 10.1 Å². The molecule has 2 aromatic rings. The fraction of sp³-hybridized carbons (Fsp3) is 0.333. The number of halogens is 2. The van der Waals surface area contributed by atoms with Crippen LogP contribution in [0.25, 0.3) is 11.1 Å². The van der Waals surface area contributed by atoms with E-state index in [1.54, 1.807) is 12.1 Å². The van der Waals surface area contributed by atoms with E-state index >= 15 is 0 Å². The van der Waals surface area contributed by atoms with Gasteiger partial charge in [-0.3, -0.25) is 0 Å². The van der Waals surface area contributed by atoms with Crippen molar-refractivity contribution in [1.29, 1.82) is 0 Å². The zero-order chi connectivity index (χ0) is 15.1. The van der Waals surface area contributed by atoms with E-state index in [4.69, 9.17) is 11.6 Å². The van der Waals surface area contributed by atoms with E-state index in [1.165, 1.54) is 17.3 Å². The Bertz CT molecular complexity index is 696. The summed E-state index contributed by atoms with van der Waals surface area (Å²) < 4.78 is 14.4. The minimum absolute atomic E-state index is 0.253. The molecule has 0 bridgehead atoms. The highest BCUT2D eigenvalue weighted by molar-refractivity contribution is 6.33. The van der Waals surface area contributed by atoms with Crippen LogP contribution in [-0.2, 0) is 6.42 Å². The summed E-state index contributed by atoms with van der Waals surface area (Å²) in [7, 11) is 0. The zero-order valence-corrected chi connectivity index (χ0v) is 13.0. The molecule has 4 rings (SSSR count). The van der Waals surface area contributed by atoms with Gasteiger partial charge in [-0.25, -0.2) is 4.39 Å². The van der Waals surface area contributed by atoms with Gasteiger partial charge in [0.1, 0.15) is 5.82 Å². The van der Waals surface area contributed by atoms with Crippen LogP contribution < -0.4 is 10.2 Å². The van der Waals surface area contributed by atoms with E-state index in [1.807, 2.05) is 12.1 Å². The first-order chi connectivity index (χ1) is 10.8. The molecule has 0 amide bonds. The molecule has 1 unspecified atom stereocenters. The summed E-state index contributed by atoms with van der Waals surface area (Å²) in [6.45, 7) is 2.97. The molecule has 1 saturated heterocycles. The number of hydrogen-bond donors (Lipinski definition) is 1. The number of para-hydroxylation sites is 1. The van der Waals surface area contributed by atoms with Crippen LogP contribution in [0.1, 0.15) is 12.0 Å². The van der Waals surface area contributed by atoms with E-state index in [0.717, 1.165) is 38.0 Å². The standard InChI is InChI=1S/C18H18ClFN2/c19-15-5-2-6-16(20)17(15)14-4-1-3-12-11-13-7-8-21-9-10-22(13)18(12)14/h1-6,13,21H,7-11H2. The minimum atomic E-state index is -0.253. The van der Waals surface area contributed by atoms with Crippen LogP contribution in [0.5, 0.6) is 0 Å². The lowest BCUT2D eigenvalue weighted by Crippen LogP contribution is -2.33. The maximum atomic E-state index is 14.4. The fourth-order valence-electron chi connectivity index (χ4n) is 3.74. The number of benzene rings is 2. The predicted molar refractivity (Wildman–Crippen MR) is 89.2 cm³/mol. The Morgan fingerprint density at radius 3 is 2.86 bits per heavy atom. The van der Waals surface area contributed by atoms with Crippen LogP contribution in [0.2, 0.25) is 5.02 Å². The monoisotopic (exact) mass is 316 g/mol. The number of anilines is 1. The molecule has 0 radical (unpaired) electrons. The zero-order valence-electron chi connectivity index (χ0n) is 12.3. The van der Waals surface area contributed by atoms with Crippen LogP contribution in [-0.4, -0.2) is 25.7 Å². The summed E-state index contributed by atoms with van der Waals surface area (Å²) in [4.78, 5) is 2.44. The number of fused-ring (bicyclic) bond motifs is 3. The first-order valence-electron chi connectivity index (χ1n) is 7.79. The summed E-state index contributed by atoms with van der Waals surface area (Å²) in [6.07, 6.45) is 2.16. The Kier molecular flexibility index (Phi) is 3.55. The maximum Gasteiger partial charge on any atom is 0.132 e. The molecular formula is C18H18ClFN2. The molecule has 22 heavy (non-hydrogen) atoms. The molecule has 2 nitrogen and oxygen atoms in total. The van der Waals surface area contributed by atoms with Gasteiger partial charge in [-0.05, 0) is 37.1 Å². The first-order valence-corrected chi connectivity index (χ1v) is 8.17. The minimum Gasteiger partial charge on any atom is -0.366 e. The van der Waals surface area contributed by atoms with E-state index in [2.05, 4.69) is 16.3 Å². The van der Waals surface area contributed by atoms with E-state index < -0.39 is 0 Å². The van der Waals surface area contributed by atoms with Gasteiger partial charge in [0.05, 0.1) is 5.02 Å². The lowest BCUT2D eigenvalue weighted by molar-refractivity contribution is 0.612. The average Bonchev–Trinajstić information content (AvgIpc) is 2.70. The largest absolute Gasteiger partial charge is 0.366 e. The Labute approximate surface area is 134 Å². The average molecular weight is 317 g/mol. The van der Waals surface area contributed by atoms with Crippen molar-refractivity contribution in [3.63, 3.8) is 0 Å². The van der Waals surface area contributed by atoms with Crippen molar-refractivity contribution >= 4 is 17.3 Å². The van der Waals surface area contributed by atoms with Gasteiger partial charge in [0, 0.05) is 35.9 Å². The lowest BCUT2D eigenvalue weighted by Gasteiger charge is -2.27. The first kappa shape index (κ1) is 14.0. The van der Waals surface area contributed by atoms with Crippen molar-refractivity contribution < 1.29 is 4.39 Å². The van der Waals surface area contributed by atoms with Gasteiger partial charge in [-0.2, -0.15) is 0 Å². The SMILES string of the molecule is Fc1cccc(Cl)c1-c1cccc2c1N1CCNCCC1C2. The van der Waals surface area contributed by atoms with Crippen molar-refractivity contribution in [3.8, 4) is 11.1 Å². The second-order valence-electron chi connectivity index (χ2n) is 6.00. The van der Waals surface area contributed by atoms with Gasteiger partial charge in [0.2, 0.25) is 0 Å². The number of rotatable bonds is 1. The van der Waals surface area contributed by atoms with Crippen molar-refractivity contribution in [2.75, 3.05) is 24.5 Å². The molecule has 1 fully saturated rings. The summed E-state index contributed by atoms with van der Waals surface area (Å²) in [5, 5.41) is 3.92. The number of nitrogens with zero attached hydrogens (tertiary/aromatic N) is 1. The van der Waals surface area contributed by atoms with Gasteiger partial charge in [0.15, 0.2) is 0 Å². The second kappa shape index (κ2) is 5.56. The fourth-order valence-corrected chi connectivity index (χ4v) is 4.01. The molecule has 2 heterocycles. The third-order valence-corrected chi connectivity index (χ3v) is 5.03. The summed E-state index contributed by atoms with van der Waals surface area (Å²) >= 11 is 6.30. The molecule has 0 aromatic heterocycles. The topological polar surface area (TPSA) is 15.3 Å². The summed E-state index contributed by atoms with van der Waals surface area (Å²) in [5.74, 6) is -0.253. The van der Waals surface area contributed by atoms with E-state index in [0.29, 0.717) is 16.6 Å². The summed E-state index contributed by atoms with van der Waals surface area (Å²) in [5.41, 5.74) is 3.93. The predicted octanol–water partition coefficient (Wildman–Crippen LogP) is 3.87. The normalized spacial score (nSPS) is 20.5. The Balaban J connectivity index is 1.89. The number of hydrogen-bond acceptors (Lipinski definition) is 2. The van der Waals surface area contributed by atoms with E-state index in [-0.39, 0.29) is 5.82 Å². The highest BCUT2D eigenvalue weighted by Gasteiger charge is 2.32. The van der Waals surface area contributed by atoms with Crippen molar-refractivity contribution in [2.45, 2.75) is 18.9 Å². The molecule has 0 aliphatic carbocycles. The third kappa shape index (κ3) is 2.20. The van der Waals surface area contributed by atoms with Gasteiger partial charge in [-0.15, -0.1) is 0 Å². The Hall–Kier alpha value is -1.58. The van der Waals surface area contributed by atoms with Crippen LogP contribution in [0.15, 0.2) is 36.4 Å². The van der Waals surface area contributed by atoms with Crippen molar-refractivity contribution in [2.24, 2.45) is 0 Å². The molecule has 0 saturated carbocycles. The summed E-state index contributed by atoms with van der Waals surface area (Å²) in [6, 6.07) is 11.6. The Morgan fingerprint density at radius 1 is 1.14 bits per heavy atom. The maximum absolute atomic E-state index is 14.4. The van der Waals surface area contributed by atoms with Gasteiger partial charge < -0.3 is 10.2 Å². The molecule has 2 aromatic carbocycles. The lowest BCUT2D eigenvalue weighted by atomic mass is 9.99. The molecule has 1 atom stereocenters. The highest BCUT2D eigenvalue weighted by atomic mass is 35.5. The van der Waals surface area contributed by atoms with Crippen molar-refractivity contribution in [3.05, 3.63) is 52.8 Å². The second-order valence-corrected chi connectivity index (χ2v) is 6.41. The molecular weight excluding hydrogens is 299 g/mol.